The smallest absolute Gasteiger partial charge is 0.397 e. The van der Waals surface area contributed by atoms with Crippen LogP contribution in [-0.2, 0) is 28.7 Å². The number of phosphoric ester groups is 1. The first-order valence-corrected chi connectivity index (χ1v) is 22.4. The lowest BCUT2D eigenvalue weighted by molar-refractivity contribution is -0.0647. The number of amides is 2. The number of hydrogen-bond donors (Lipinski definition) is 4. The Labute approximate surface area is 341 Å². The van der Waals surface area contributed by atoms with Gasteiger partial charge in [0.1, 0.15) is 24.4 Å². The normalized spacial score (nSPS) is 22.1. The van der Waals surface area contributed by atoms with Gasteiger partial charge in [0.15, 0.2) is 0 Å². The molecule has 1 aromatic carbocycles. The minimum absolute atomic E-state index is 0.0816. The van der Waals surface area contributed by atoms with Crippen LogP contribution in [0.5, 0.6) is 0 Å². The van der Waals surface area contributed by atoms with Gasteiger partial charge in [0, 0.05) is 12.8 Å². The fourth-order valence-electron chi connectivity index (χ4n) is 7.73. The average molecular weight is 826 g/mol. The summed E-state index contributed by atoms with van der Waals surface area (Å²) in [5.74, 6) is -1.15. The molecule has 5 N–H and O–H groups in total. The van der Waals surface area contributed by atoms with Crippen molar-refractivity contribution in [3.8, 4) is 6.07 Å². The molecule has 0 spiro atoms. The van der Waals surface area contributed by atoms with Gasteiger partial charge < -0.3 is 30.3 Å². The molecule has 0 saturated carbocycles. The number of nitrogen functional groups attached to an aromatic ring is 1. The minimum Gasteiger partial charge on any atom is -0.397 e. The zero-order valence-corrected chi connectivity index (χ0v) is 34.5. The Kier molecular flexibility index (Phi) is 17.3. The number of ether oxygens (including phenoxy) is 2. The van der Waals surface area contributed by atoms with Crippen LogP contribution in [0.3, 0.4) is 0 Å². The predicted molar refractivity (Wildman–Crippen MR) is 217 cm³/mol. The Morgan fingerprint density at radius 1 is 0.862 bits per heavy atom. The van der Waals surface area contributed by atoms with Gasteiger partial charge in [-0.05, 0) is 36.8 Å². The number of rotatable bonds is 27. The van der Waals surface area contributed by atoms with Gasteiger partial charge in [0.2, 0.25) is 5.60 Å². The molecule has 0 radical (unpaired) electrons. The topological polar surface area (TPSA) is 219 Å². The summed E-state index contributed by atoms with van der Waals surface area (Å²) in [4.78, 5) is 38.3. The number of hydrogen-bond acceptors (Lipinski definition) is 12. The Hall–Kier alpha value is -3.71. The van der Waals surface area contributed by atoms with Crippen LogP contribution in [0.25, 0.3) is 5.52 Å². The van der Waals surface area contributed by atoms with Crippen LogP contribution in [0, 0.1) is 11.3 Å². The molecule has 1 saturated heterocycles. The largest absolute Gasteiger partial charge is 0.472 e. The molecule has 4 heterocycles. The van der Waals surface area contributed by atoms with E-state index < -0.39 is 62.8 Å². The highest BCUT2D eigenvalue weighted by Gasteiger charge is 2.58. The summed E-state index contributed by atoms with van der Waals surface area (Å²) in [6.45, 7) is 1.11. The maximum absolute atomic E-state index is 13.3. The molecule has 2 aliphatic heterocycles. The second kappa shape index (κ2) is 22.1. The van der Waals surface area contributed by atoms with E-state index in [0.717, 1.165) is 30.6 Å². The molecule has 318 valence electrons. The first-order chi connectivity index (χ1) is 28.0. The Morgan fingerprint density at radius 2 is 1.43 bits per heavy atom. The number of nitriles is 1. The lowest BCUT2D eigenvalue weighted by atomic mass is 9.92. The summed E-state index contributed by atoms with van der Waals surface area (Å²) >= 11 is 0. The number of aromatic nitrogens is 2. The molecule has 15 nitrogen and oxygen atoms in total. The van der Waals surface area contributed by atoms with Gasteiger partial charge in [-0.3, -0.25) is 23.5 Å². The van der Waals surface area contributed by atoms with E-state index in [1.54, 1.807) is 24.3 Å². The van der Waals surface area contributed by atoms with Crippen molar-refractivity contribution < 1.29 is 47.8 Å². The van der Waals surface area contributed by atoms with Crippen LogP contribution in [0.2, 0.25) is 0 Å². The quantitative estimate of drug-likeness (QED) is 0.0352. The molecule has 1 unspecified atom stereocenters. The van der Waals surface area contributed by atoms with Crippen molar-refractivity contribution in [2.75, 3.05) is 32.2 Å². The SMILES string of the molecule is CCCCCCCCCCCCCCCCCCOC[C@H](COP(=O)(O)OC[C@H]1O[C@@](C#N)(c2ccc3c(N)ccnn23)[C@H](O)[C@@H]1O)N1C(=O)c2ccccc2C1=O. The maximum atomic E-state index is 13.3. The zero-order chi connectivity index (χ0) is 41.5. The first kappa shape index (κ1) is 45.4. The maximum Gasteiger partial charge on any atom is 0.472 e. The molecule has 1 fully saturated rings. The van der Waals surface area contributed by atoms with E-state index in [-0.39, 0.29) is 23.4 Å². The van der Waals surface area contributed by atoms with Gasteiger partial charge in [-0.2, -0.15) is 10.4 Å². The van der Waals surface area contributed by atoms with E-state index in [2.05, 4.69) is 12.0 Å². The summed E-state index contributed by atoms with van der Waals surface area (Å²) in [6.07, 6.45) is 16.3. The summed E-state index contributed by atoms with van der Waals surface area (Å²) in [5, 5.41) is 36.2. The standard InChI is InChI=1S/C42H60N5O10P/c1-2-3-4-5-6-7-8-9-10-11-12-13-14-15-16-19-26-54-27-31(46-40(50)32-20-17-18-21-33(32)41(46)51)28-55-58(52,53)56-29-36-38(48)39(49)42(30-43,57-36)37-23-22-35-34(44)24-25-45-47(35)37/h17-18,20-25,31,36,38-39,48-49H,2-16,19,26-29,44H2,1H3,(H,52,53)/t31-,36-,38-,39-,42+/m1/s1. The molecule has 3 aromatic rings. The molecule has 0 aliphatic carbocycles. The van der Waals surface area contributed by atoms with Crippen molar-refractivity contribution in [1.29, 1.82) is 5.26 Å². The average Bonchev–Trinajstić information content (AvgIpc) is 3.85. The number of anilines is 1. The molecule has 2 amide bonds. The van der Waals surface area contributed by atoms with E-state index in [1.165, 1.54) is 106 Å². The Bertz CT molecular complexity index is 1850. The predicted octanol–water partition coefficient (Wildman–Crippen LogP) is 6.83. The third-order valence-electron chi connectivity index (χ3n) is 11.1. The number of imide groups is 1. The second-order valence-corrected chi connectivity index (χ2v) is 16.8. The van der Waals surface area contributed by atoms with E-state index >= 15 is 0 Å². The molecule has 58 heavy (non-hydrogen) atoms. The van der Waals surface area contributed by atoms with Crippen molar-refractivity contribution in [2.24, 2.45) is 0 Å². The van der Waals surface area contributed by atoms with Gasteiger partial charge in [0.05, 0.1) is 53.9 Å². The van der Waals surface area contributed by atoms with Crippen LogP contribution in [0.1, 0.15) is 136 Å². The number of carbonyl (C=O) groups is 2. The lowest BCUT2D eigenvalue weighted by Crippen LogP contribution is -2.45. The first-order valence-electron chi connectivity index (χ1n) is 20.9. The van der Waals surface area contributed by atoms with Crippen LogP contribution < -0.4 is 5.73 Å². The van der Waals surface area contributed by atoms with Crippen LogP contribution in [-0.4, -0.2) is 92.2 Å². The monoisotopic (exact) mass is 825 g/mol. The van der Waals surface area contributed by atoms with Crippen LogP contribution in [0.4, 0.5) is 5.69 Å². The fraction of sp³-hybridized carbons (Fsp3) is 0.619. The number of benzene rings is 1. The van der Waals surface area contributed by atoms with E-state index in [1.807, 2.05) is 6.07 Å². The lowest BCUT2D eigenvalue weighted by Gasteiger charge is -2.27. The van der Waals surface area contributed by atoms with Crippen molar-refractivity contribution in [1.82, 2.24) is 14.5 Å². The van der Waals surface area contributed by atoms with E-state index in [4.69, 9.17) is 24.3 Å². The van der Waals surface area contributed by atoms with Gasteiger partial charge in [-0.15, -0.1) is 0 Å². The number of nitrogens with two attached hydrogens (primary N) is 1. The van der Waals surface area contributed by atoms with Crippen LogP contribution >= 0.6 is 7.82 Å². The zero-order valence-electron chi connectivity index (χ0n) is 33.6. The number of nitrogens with zero attached hydrogens (tertiary/aromatic N) is 4. The van der Waals surface area contributed by atoms with Gasteiger partial charge in [-0.25, -0.2) is 9.08 Å². The molecule has 5 rings (SSSR count). The molecule has 0 bridgehead atoms. The molecule has 16 heteroatoms. The summed E-state index contributed by atoms with van der Waals surface area (Å²) in [7, 11) is -4.93. The van der Waals surface area contributed by atoms with Crippen molar-refractivity contribution >= 4 is 30.8 Å². The van der Waals surface area contributed by atoms with E-state index in [9.17, 15) is 34.5 Å². The third kappa shape index (κ3) is 11.3. The highest BCUT2D eigenvalue weighted by atomic mass is 31.2. The molecular formula is C42H60N5O10P. The number of aliphatic hydroxyl groups is 2. The highest BCUT2D eigenvalue weighted by molar-refractivity contribution is 7.47. The van der Waals surface area contributed by atoms with Gasteiger partial charge in [0.25, 0.3) is 11.8 Å². The minimum atomic E-state index is -4.93. The number of unbranched alkanes of at least 4 members (excludes halogenated alkanes) is 15. The molecule has 2 aliphatic rings. The highest BCUT2D eigenvalue weighted by Crippen LogP contribution is 2.46. The Balaban J connectivity index is 1.07. The third-order valence-corrected chi connectivity index (χ3v) is 12.0. The van der Waals surface area contributed by atoms with Gasteiger partial charge in [-0.1, -0.05) is 115 Å². The van der Waals surface area contributed by atoms with Gasteiger partial charge >= 0.3 is 7.82 Å². The summed E-state index contributed by atoms with van der Waals surface area (Å²) < 4.78 is 36.7. The van der Waals surface area contributed by atoms with Crippen molar-refractivity contribution in [3.05, 3.63) is 65.5 Å². The number of fused-ring (bicyclic) bond motifs is 2. The number of aliphatic hydroxyl groups excluding tert-OH is 2. The summed E-state index contributed by atoms with van der Waals surface area (Å²) in [6, 6.07) is 11.8. The number of carbonyl (C=O) groups excluding carboxylic acids is 2. The Morgan fingerprint density at radius 3 is 2.00 bits per heavy atom. The number of phosphoric acid groups is 1. The molecule has 6 atom stereocenters. The molecule has 2 aromatic heterocycles. The summed E-state index contributed by atoms with van der Waals surface area (Å²) in [5.41, 5.74) is 5.18. The molecular weight excluding hydrogens is 765 g/mol. The van der Waals surface area contributed by atoms with Crippen molar-refractivity contribution in [2.45, 2.75) is 140 Å². The van der Waals surface area contributed by atoms with Crippen LogP contribution in [0.15, 0.2) is 48.7 Å². The van der Waals surface area contributed by atoms with E-state index in [0.29, 0.717) is 17.8 Å². The van der Waals surface area contributed by atoms with Crippen molar-refractivity contribution in [3.63, 3.8) is 0 Å². The fourth-order valence-corrected chi connectivity index (χ4v) is 8.50. The second-order valence-electron chi connectivity index (χ2n) is 15.4.